The number of nitrogens with one attached hydrogen (secondary N) is 1. The van der Waals surface area contributed by atoms with Crippen LogP contribution in [0.2, 0.25) is 10.0 Å². The molecule has 3 rings (SSSR count). The van der Waals surface area contributed by atoms with Crippen molar-refractivity contribution >= 4 is 35.1 Å². The molecule has 1 N–H and O–H groups in total. The van der Waals surface area contributed by atoms with Gasteiger partial charge in [-0.2, -0.15) is 0 Å². The number of carbonyl (C=O) groups is 2. The highest BCUT2D eigenvalue weighted by molar-refractivity contribution is 6.37. The lowest BCUT2D eigenvalue weighted by Crippen LogP contribution is -2.41. The fourth-order valence-corrected chi connectivity index (χ4v) is 3.12. The first-order chi connectivity index (χ1) is 11.9. The van der Waals surface area contributed by atoms with Crippen LogP contribution in [-0.2, 0) is 10.3 Å². The highest BCUT2D eigenvalue weighted by Gasteiger charge is 2.48. The van der Waals surface area contributed by atoms with Crippen LogP contribution < -0.4 is 10.1 Å². The summed E-state index contributed by atoms with van der Waals surface area (Å²) in [5.41, 5.74) is -0.529. The van der Waals surface area contributed by atoms with Crippen LogP contribution in [0.25, 0.3) is 0 Å². The lowest BCUT2D eigenvalue weighted by molar-refractivity contribution is -0.131. The molecule has 1 aromatic carbocycles. The van der Waals surface area contributed by atoms with Crippen molar-refractivity contribution in [1.29, 1.82) is 0 Å². The number of imide groups is 1. The third kappa shape index (κ3) is 3.27. The molecule has 0 spiro atoms. The molecule has 1 unspecified atom stereocenters. The Morgan fingerprint density at radius 1 is 1.20 bits per heavy atom. The van der Waals surface area contributed by atoms with Gasteiger partial charge in [-0.05, 0) is 25.1 Å². The summed E-state index contributed by atoms with van der Waals surface area (Å²) in [5.74, 6) is -0.0349. The normalized spacial score (nSPS) is 19.9. The van der Waals surface area contributed by atoms with E-state index in [0.29, 0.717) is 21.4 Å². The molecule has 1 fully saturated rings. The number of benzene rings is 1. The summed E-state index contributed by atoms with van der Waals surface area (Å²) < 4.78 is 5.55. The highest BCUT2D eigenvalue weighted by Crippen LogP contribution is 2.32. The molecule has 0 saturated carbocycles. The molecule has 1 atom stereocenters. The number of nitrogens with zero attached hydrogens (tertiary/aromatic N) is 2. The third-order valence-electron chi connectivity index (χ3n) is 3.99. The number of urea groups is 1. The van der Waals surface area contributed by atoms with Crippen LogP contribution in [0.5, 0.6) is 5.75 Å². The molecule has 8 heteroatoms. The summed E-state index contributed by atoms with van der Waals surface area (Å²) in [5, 5.41) is 3.44. The van der Waals surface area contributed by atoms with E-state index in [0.717, 1.165) is 4.90 Å². The molecule has 0 bridgehead atoms. The van der Waals surface area contributed by atoms with Gasteiger partial charge < -0.3 is 10.1 Å². The van der Waals surface area contributed by atoms with Crippen molar-refractivity contribution in [3.8, 4) is 5.75 Å². The Bertz CT molecular complexity index is 796. The zero-order valence-corrected chi connectivity index (χ0v) is 14.8. The van der Waals surface area contributed by atoms with Crippen LogP contribution in [0, 0.1) is 0 Å². The molecule has 1 saturated heterocycles. The zero-order chi connectivity index (χ0) is 18.0. The van der Waals surface area contributed by atoms with Crippen LogP contribution in [0.15, 0.2) is 42.7 Å². The van der Waals surface area contributed by atoms with Crippen molar-refractivity contribution in [2.75, 3.05) is 13.2 Å². The van der Waals surface area contributed by atoms with Gasteiger partial charge in [-0.3, -0.25) is 14.7 Å². The summed E-state index contributed by atoms with van der Waals surface area (Å²) in [6.07, 6.45) is 3.16. The van der Waals surface area contributed by atoms with Gasteiger partial charge in [0.1, 0.15) is 12.1 Å². The van der Waals surface area contributed by atoms with Crippen molar-refractivity contribution in [3.05, 3.63) is 58.3 Å². The largest absolute Gasteiger partial charge is 0.489 e. The number of carbonyl (C=O) groups excluding carboxylic acids is 2. The summed E-state index contributed by atoms with van der Waals surface area (Å²) in [7, 11) is 0. The quantitative estimate of drug-likeness (QED) is 0.809. The zero-order valence-electron chi connectivity index (χ0n) is 13.3. The van der Waals surface area contributed by atoms with E-state index in [9.17, 15) is 9.59 Å². The number of rotatable bonds is 5. The average Bonchev–Trinajstić information content (AvgIpc) is 2.82. The Hall–Kier alpha value is -2.31. The first-order valence-electron chi connectivity index (χ1n) is 7.55. The predicted octanol–water partition coefficient (Wildman–Crippen LogP) is 3.23. The first kappa shape index (κ1) is 17.5. The van der Waals surface area contributed by atoms with Crippen LogP contribution in [0.4, 0.5) is 4.79 Å². The van der Waals surface area contributed by atoms with Gasteiger partial charge in [0.25, 0.3) is 5.91 Å². The molecule has 2 heterocycles. The molecule has 6 nitrogen and oxygen atoms in total. The van der Waals surface area contributed by atoms with E-state index in [4.69, 9.17) is 27.9 Å². The molecule has 1 aliphatic rings. The Morgan fingerprint density at radius 3 is 2.56 bits per heavy atom. The number of hydrogen-bond acceptors (Lipinski definition) is 4. The molecule has 0 radical (unpaired) electrons. The van der Waals surface area contributed by atoms with Gasteiger partial charge in [0, 0.05) is 18.0 Å². The molecule has 0 aliphatic carbocycles. The van der Waals surface area contributed by atoms with E-state index in [1.807, 2.05) is 0 Å². The SMILES string of the molecule is CC1(c2cccnc2)NC(=O)N(CCOc2c(Cl)cccc2Cl)C1=O. The van der Waals surface area contributed by atoms with Gasteiger partial charge in [0.05, 0.1) is 16.6 Å². The van der Waals surface area contributed by atoms with Crippen LogP contribution in [0.1, 0.15) is 12.5 Å². The second-order valence-electron chi connectivity index (χ2n) is 5.65. The number of pyridine rings is 1. The fourth-order valence-electron chi connectivity index (χ4n) is 2.61. The van der Waals surface area contributed by atoms with Crippen molar-refractivity contribution in [1.82, 2.24) is 15.2 Å². The lowest BCUT2D eigenvalue weighted by atomic mass is 9.94. The summed E-state index contributed by atoms with van der Waals surface area (Å²) in [6.45, 7) is 1.80. The predicted molar refractivity (Wildman–Crippen MR) is 93.8 cm³/mol. The second-order valence-corrected chi connectivity index (χ2v) is 6.47. The summed E-state index contributed by atoms with van der Waals surface area (Å²) >= 11 is 12.1. The molecule has 3 amide bonds. The highest BCUT2D eigenvalue weighted by atomic mass is 35.5. The van der Waals surface area contributed by atoms with E-state index in [1.54, 1.807) is 49.6 Å². The van der Waals surface area contributed by atoms with Crippen molar-refractivity contribution in [2.24, 2.45) is 0 Å². The molecular formula is C17H15Cl2N3O3. The van der Waals surface area contributed by atoms with Crippen LogP contribution >= 0.6 is 23.2 Å². The smallest absolute Gasteiger partial charge is 0.325 e. The van der Waals surface area contributed by atoms with Gasteiger partial charge in [0.15, 0.2) is 5.75 Å². The number of hydrogen-bond donors (Lipinski definition) is 1. The van der Waals surface area contributed by atoms with E-state index in [-0.39, 0.29) is 19.1 Å². The Kier molecular flexibility index (Phi) is 4.83. The molecular weight excluding hydrogens is 365 g/mol. The topological polar surface area (TPSA) is 71.5 Å². The Balaban J connectivity index is 1.70. The molecule has 1 aromatic heterocycles. The van der Waals surface area contributed by atoms with Gasteiger partial charge in [0.2, 0.25) is 0 Å². The summed E-state index contributed by atoms with van der Waals surface area (Å²) in [4.78, 5) is 30.1. The fraction of sp³-hybridized carbons (Fsp3) is 0.235. The second kappa shape index (κ2) is 6.90. The monoisotopic (exact) mass is 379 g/mol. The number of halogens is 2. The minimum atomic E-state index is -1.15. The van der Waals surface area contributed by atoms with Gasteiger partial charge >= 0.3 is 6.03 Å². The minimum Gasteiger partial charge on any atom is -0.489 e. The maximum absolute atomic E-state index is 12.7. The third-order valence-corrected chi connectivity index (χ3v) is 4.59. The minimum absolute atomic E-state index is 0.0715. The standard InChI is InChI=1S/C17H15Cl2N3O3/c1-17(11-4-3-7-20-10-11)15(23)22(16(24)21-17)8-9-25-14-12(18)5-2-6-13(14)19/h2-7,10H,8-9H2,1H3,(H,21,24). The van der Waals surface area contributed by atoms with E-state index >= 15 is 0 Å². The van der Waals surface area contributed by atoms with E-state index < -0.39 is 11.6 Å². The van der Waals surface area contributed by atoms with Gasteiger partial charge in [-0.25, -0.2) is 4.79 Å². The molecule has 2 aromatic rings. The first-order valence-corrected chi connectivity index (χ1v) is 8.30. The number of aromatic nitrogens is 1. The number of ether oxygens (including phenoxy) is 1. The van der Waals surface area contributed by atoms with Crippen molar-refractivity contribution in [3.63, 3.8) is 0 Å². The lowest BCUT2D eigenvalue weighted by Gasteiger charge is -2.21. The van der Waals surface area contributed by atoms with Crippen LogP contribution in [0.3, 0.4) is 0 Å². The van der Waals surface area contributed by atoms with Gasteiger partial charge in [-0.1, -0.05) is 35.3 Å². The molecule has 1 aliphatic heterocycles. The number of para-hydroxylation sites is 1. The van der Waals surface area contributed by atoms with Crippen molar-refractivity contribution in [2.45, 2.75) is 12.5 Å². The van der Waals surface area contributed by atoms with E-state index in [1.165, 1.54) is 0 Å². The maximum Gasteiger partial charge on any atom is 0.325 e. The Morgan fingerprint density at radius 2 is 1.92 bits per heavy atom. The Labute approximate surface area is 154 Å². The molecule has 130 valence electrons. The van der Waals surface area contributed by atoms with Crippen LogP contribution in [-0.4, -0.2) is 35.0 Å². The average molecular weight is 380 g/mol. The summed E-state index contributed by atoms with van der Waals surface area (Å²) in [6, 6.07) is 7.98. The maximum atomic E-state index is 12.7. The number of amides is 3. The van der Waals surface area contributed by atoms with Gasteiger partial charge in [-0.15, -0.1) is 0 Å². The van der Waals surface area contributed by atoms with Crippen molar-refractivity contribution < 1.29 is 14.3 Å². The molecule has 25 heavy (non-hydrogen) atoms. The van der Waals surface area contributed by atoms with E-state index in [2.05, 4.69) is 10.3 Å².